The average Bonchev–Trinajstić information content (AvgIpc) is 2.69. The van der Waals surface area contributed by atoms with Crippen molar-refractivity contribution in [2.24, 2.45) is 0 Å². The first-order chi connectivity index (χ1) is 14.1. The van der Waals surface area contributed by atoms with Crippen molar-refractivity contribution in [3.63, 3.8) is 0 Å². The molecule has 0 N–H and O–H groups in total. The molecular formula is C25H26O5. The van der Waals surface area contributed by atoms with Gasteiger partial charge >= 0.3 is 11.9 Å². The lowest BCUT2D eigenvalue weighted by Crippen LogP contribution is -2.09. The Kier molecular flexibility index (Phi) is 7.37. The maximum atomic E-state index is 11.8. The fourth-order valence-electron chi connectivity index (χ4n) is 2.65. The number of esters is 2. The third-order valence-electron chi connectivity index (χ3n) is 4.55. The molecule has 0 heterocycles. The van der Waals surface area contributed by atoms with E-state index in [4.69, 9.17) is 14.2 Å². The van der Waals surface area contributed by atoms with E-state index in [1.165, 1.54) is 12.5 Å². The fraction of sp³-hybridized carbons (Fsp3) is 0.200. The van der Waals surface area contributed by atoms with Crippen molar-refractivity contribution in [2.75, 3.05) is 0 Å². The quantitative estimate of drug-likeness (QED) is 0.254. The van der Waals surface area contributed by atoms with Gasteiger partial charge in [-0.1, -0.05) is 25.3 Å². The van der Waals surface area contributed by atoms with Crippen molar-refractivity contribution in [3.05, 3.63) is 83.9 Å². The van der Waals surface area contributed by atoms with Crippen molar-refractivity contribution >= 4 is 11.9 Å². The van der Waals surface area contributed by atoms with Crippen molar-refractivity contribution in [1.29, 1.82) is 0 Å². The topological polar surface area (TPSA) is 61.8 Å². The summed E-state index contributed by atoms with van der Waals surface area (Å²) >= 11 is 0. The normalized spacial score (nSPS) is 10.6. The van der Waals surface area contributed by atoms with E-state index < -0.39 is 11.9 Å². The van der Waals surface area contributed by atoms with E-state index in [1.807, 2.05) is 45.0 Å². The smallest absolute Gasteiger partial charge is 0.338 e. The van der Waals surface area contributed by atoms with E-state index in [-0.39, 0.29) is 0 Å². The van der Waals surface area contributed by atoms with E-state index in [1.54, 1.807) is 19.9 Å². The van der Waals surface area contributed by atoms with E-state index >= 15 is 0 Å². The lowest BCUT2D eigenvalue weighted by Gasteiger charge is -2.15. The Morgan fingerprint density at radius 3 is 2.07 bits per heavy atom. The number of carbonyl (C=O) groups is 2. The molecule has 0 unspecified atom stereocenters. The van der Waals surface area contributed by atoms with Gasteiger partial charge in [0.25, 0.3) is 0 Å². The molecule has 0 aliphatic rings. The Balaban J connectivity index is 2.20. The van der Waals surface area contributed by atoms with Gasteiger partial charge in [-0.25, -0.2) is 9.59 Å². The van der Waals surface area contributed by atoms with Gasteiger partial charge in [0, 0.05) is 11.1 Å². The van der Waals surface area contributed by atoms with E-state index in [2.05, 4.69) is 13.2 Å². The van der Waals surface area contributed by atoms with E-state index in [0.29, 0.717) is 22.6 Å². The number of benzene rings is 2. The zero-order valence-electron chi connectivity index (χ0n) is 18.0. The third-order valence-corrected chi connectivity index (χ3v) is 4.55. The van der Waals surface area contributed by atoms with Crippen LogP contribution in [0.3, 0.4) is 0 Å². The predicted molar refractivity (Wildman–Crippen MR) is 117 cm³/mol. The minimum absolute atomic E-state index is 0.311. The van der Waals surface area contributed by atoms with Crippen molar-refractivity contribution in [1.82, 2.24) is 0 Å². The molecular weight excluding hydrogens is 380 g/mol. The average molecular weight is 406 g/mol. The van der Waals surface area contributed by atoms with Crippen LogP contribution in [0.5, 0.6) is 11.5 Å². The summed E-state index contributed by atoms with van der Waals surface area (Å²) in [5, 5.41) is 0. The number of hydrogen-bond donors (Lipinski definition) is 0. The zero-order valence-corrected chi connectivity index (χ0v) is 18.0. The van der Waals surface area contributed by atoms with E-state index in [9.17, 15) is 9.59 Å². The molecule has 30 heavy (non-hydrogen) atoms. The molecule has 0 saturated carbocycles. The van der Waals surface area contributed by atoms with Crippen LogP contribution in [0.2, 0.25) is 0 Å². The molecule has 0 saturated heterocycles. The Hall–Kier alpha value is -3.60. The van der Waals surface area contributed by atoms with Gasteiger partial charge in [0.05, 0.1) is 0 Å². The van der Waals surface area contributed by atoms with Crippen LogP contribution in [0, 0.1) is 20.8 Å². The standard InChI is InChI=1S/C25H26O5/c1-15(2)24(26)29-13-12-28-22-10-8-20(14-17(22)5)21-9-11-23(19(7)18(21)6)30-25(27)16(3)4/h8-14H,1,3H2,2,4-7H3/b13-12+. The molecule has 5 nitrogen and oxygen atoms in total. The third kappa shape index (κ3) is 5.47. The van der Waals surface area contributed by atoms with E-state index in [0.717, 1.165) is 27.8 Å². The van der Waals surface area contributed by atoms with Gasteiger partial charge in [0.15, 0.2) is 0 Å². The minimum atomic E-state index is -0.509. The van der Waals surface area contributed by atoms with Gasteiger partial charge in [-0.3, -0.25) is 0 Å². The number of carbonyl (C=O) groups excluding carboxylic acids is 2. The highest BCUT2D eigenvalue weighted by Crippen LogP contribution is 2.33. The first-order valence-corrected chi connectivity index (χ1v) is 9.39. The molecule has 0 fully saturated rings. The van der Waals surface area contributed by atoms with Crippen LogP contribution in [0.4, 0.5) is 0 Å². The van der Waals surface area contributed by atoms with Crippen LogP contribution in [-0.4, -0.2) is 11.9 Å². The van der Waals surface area contributed by atoms with Crippen LogP contribution in [0.25, 0.3) is 11.1 Å². The minimum Gasteiger partial charge on any atom is -0.462 e. The summed E-state index contributed by atoms with van der Waals surface area (Å²) in [4.78, 5) is 23.2. The summed E-state index contributed by atoms with van der Waals surface area (Å²) in [6.07, 6.45) is 2.49. The summed E-state index contributed by atoms with van der Waals surface area (Å²) < 4.78 is 15.8. The van der Waals surface area contributed by atoms with Gasteiger partial charge in [-0.2, -0.15) is 0 Å². The molecule has 0 aromatic heterocycles. The molecule has 0 radical (unpaired) electrons. The van der Waals surface area contributed by atoms with Gasteiger partial charge < -0.3 is 14.2 Å². The Morgan fingerprint density at radius 1 is 0.833 bits per heavy atom. The molecule has 5 heteroatoms. The summed E-state index contributed by atoms with van der Waals surface area (Å²) in [5.41, 5.74) is 5.53. The van der Waals surface area contributed by atoms with Crippen LogP contribution in [0.1, 0.15) is 30.5 Å². The Morgan fingerprint density at radius 2 is 1.47 bits per heavy atom. The maximum absolute atomic E-state index is 11.8. The van der Waals surface area contributed by atoms with Crippen LogP contribution < -0.4 is 9.47 Å². The molecule has 0 aliphatic carbocycles. The molecule has 2 aromatic rings. The second kappa shape index (κ2) is 9.74. The monoisotopic (exact) mass is 406 g/mol. The number of aryl methyl sites for hydroxylation is 1. The molecule has 0 amide bonds. The van der Waals surface area contributed by atoms with Crippen LogP contribution >= 0.6 is 0 Å². The second-order valence-corrected chi connectivity index (χ2v) is 7.09. The van der Waals surface area contributed by atoms with Crippen LogP contribution in [-0.2, 0) is 14.3 Å². The fourth-order valence-corrected chi connectivity index (χ4v) is 2.65. The number of ether oxygens (including phenoxy) is 3. The molecule has 0 bridgehead atoms. The first-order valence-electron chi connectivity index (χ1n) is 9.39. The SMILES string of the molecule is C=C(C)C(=O)O/C=C/Oc1ccc(-c2ccc(OC(=O)C(=C)C)c(C)c2C)cc1C. The highest BCUT2D eigenvalue weighted by molar-refractivity contribution is 5.89. The summed E-state index contributed by atoms with van der Waals surface area (Å²) in [7, 11) is 0. The van der Waals surface area contributed by atoms with Gasteiger partial charge in [-0.15, -0.1) is 0 Å². The lowest BCUT2D eigenvalue weighted by atomic mass is 9.95. The molecule has 2 rings (SSSR count). The number of hydrogen-bond acceptors (Lipinski definition) is 5. The maximum Gasteiger partial charge on any atom is 0.338 e. The molecule has 0 aliphatic heterocycles. The Bertz CT molecular complexity index is 1040. The Labute approximate surface area is 177 Å². The highest BCUT2D eigenvalue weighted by atomic mass is 16.5. The highest BCUT2D eigenvalue weighted by Gasteiger charge is 2.13. The van der Waals surface area contributed by atoms with Gasteiger partial charge in [-0.05, 0) is 80.6 Å². The summed E-state index contributed by atoms with van der Waals surface area (Å²) in [6.45, 7) is 16.1. The van der Waals surface area contributed by atoms with Crippen molar-refractivity contribution in [3.8, 4) is 22.6 Å². The van der Waals surface area contributed by atoms with Gasteiger partial charge in [0.1, 0.15) is 24.0 Å². The van der Waals surface area contributed by atoms with Crippen molar-refractivity contribution < 1.29 is 23.8 Å². The molecule has 0 atom stereocenters. The number of rotatable bonds is 7. The zero-order chi connectivity index (χ0) is 22.4. The molecule has 156 valence electrons. The first kappa shape index (κ1) is 22.7. The molecule has 0 spiro atoms. The molecule has 2 aromatic carbocycles. The second-order valence-electron chi connectivity index (χ2n) is 7.09. The van der Waals surface area contributed by atoms with Crippen molar-refractivity contribution in [2.45, 2.75) is 34.6 Å². The largest absolute Gasteiger partial charge is 0.462 e. The lowest BCUT2D eigenvalue weighted by molar-refractivity contribution is -0.133. The summed E-state index contributed by atoms with van der Waals surface area (Å²) in [5.74, 6) is 0.216. The van der Waals surface area contributed by atoms with Gasteiger partial charge in [0.2, 0.25) is 0 Å². The van der Waals surface area contributed by atoms with Crippen LogP contribution in [0.15, 0.2) is 67.2 Å². The predicted octanol–water partition coefficient (Wildman–Crippen LogP) is 5.73. The summed E-state index contributed by atoms with van der Waals surface area (Å²) in [6, 6.07) is 9.51.